The lowest BCUT2D eigenvalue weighted by molar-refractivity contribution is -0.149. The average Bonchev–Trinajstić information content (AvgIpc) is 3.78. The molecule has 3 saturated heterocycles. The van der Waals surface area contributed by atoms with Crippen LogP contribution in [-0.4, -0.2) is 214 Å². The van der Waals surface area contributed by atoms with Crippen molar-refractivity contribution in [2.24, 2.45) is 17.4 Å². The number of hydrogen-bond acceptors (Lipinski definition) is 21. The molecule has 29 nitrogen and oxygen atoms in total. The number of nitrogens with zero attached hydrogens (tertiary/aromatic N) is 2. The number of fused-ring (bicyclic) bond motifs is 2. The molecule has 3 aliphatic rings. The van der Waals surface area contributed by atoms with Gasteiger partial charge in [-0.05, 0) is 24.6 Å². The normalized spacial score (nSPS) is 32.1. The lowest BCUT2D eigenvalue weighted by Crippen LogP contribution is -2.64. The molecule has 3 fully saturated rings. The summed E-state index contributed by atoms with van der Waals surface area (Å²) in [6, 6.07) is -10.6. The highest BCUT2D eigenvalue weighted by molar-refractivity contribution is 7.81. The summed E-state index contributed by atoms with van der Waals surface area (Å²) in [5.41, 5.74) is 10.6. The molecule has 3 aliphatic heterocycles. The molecule has 364 valence electrons. The molecule has 0 bridgehead atoms. The Morgan fingerprint density at radius 2 is 1.45 bits per heavy atom. The van der Waals surface area contributed by atoms with Crippen LogP contribution < -0.4 is 36.9 Å². The number of phenols is 1. The van der Waals surface area contributed by atoms with Crippen LogP contribution in [-0.2, 0) is 44.0 Å². The number of aliphatic hydroxyl groups excluding tert-OH is 9. The van der Waals surface area contributed by atoms with Crippen molar-refractivity contribution in [3.05, 3.63) is 23.8 Å². The Morgan fingerprint density at radius 1 is 0.846 bits per heavy atom. The van der Waals surface area contributed by atoms with Crippen molar-refractivity contribution in [3.8, 4) is 11.5 Å². The topological polar surface area (TPSA) is 492 Å². The SMILES string of the molecule is CC(O)C1NC(=O)C(N)CC(O)C(O)NC(=O)C2C(O)C(CO)CN2C(=O)C(C(O)CC(N)=O)NC(=O)C(C(O)C(O)c2ccc(O)c(OS(=O)(=O)O)c2)NC(=O)C2CC(O)CN2C1=O. The fourth-order valence-corrected chi connectivity index (χ4v) is 7.82. The van der Waals surface area contributed by atoms with Gasteiger partial charge in [-0.25, -0.2) is 0 Å². The fraction of sp³-hybridized carbons (Fsp3) is 0.629. The highest BCUT2D eigenvalue weighted by atomic mass is 32.3. The molecule has 0 aliphatic carbocycles. The maximum atomic E-state index is 14.3. The second kappa shape index (κ2) is 21.3. The van der Waals surface area contributed by atoms with Gasteiger partial charge in [0.15, 0.2) is 17.7 Å². The van der Waals surface area contributed by atoms with Crippen molar-refractivity contribution in [1.29, 1.82) is 0 Å². The molecule has 4 rings (SSSR count). The first kappa shape index (κ1) is 52.2. The van der Waals surface area contributed by atoms with E-state index in [1.165, 1.54) is 0 Å². The number of rotatable bonds is 10. The third-order valence-electron chi connectivity index (χ3n) is 10.9. The number of aromatic hydroxyl groups is 1. The quantitative estimate of drug-likeness (QED) is 0.0968. The molecule has 15 unspecified atom stereocenters. The molecule has 0 aromatic heterocycles. The minimum Gasteiger partial charge on any atom is -0.504 e. The Hall–Kier alpha value is -5.38. The number of carbonyl (C=O) groups is 7. The van der Waals surface area contributed by atoms with Crippen LogP contribution in [0.5, 0.6) is 11.5 Å². The molecule has 0 spiro atoms. The van der Waals surface area contributed by atoms with Crippen molar-refractivity contribution in [3.63, 3.8) is 0 Å². The number of amides is 7. The number of primary amides is 1. The molecular formula is C35H52N8O21S. The zero-order valence-electron chi connectivity index (χ0n) is 34.1. The van der Waals surface area contributed by atoms with E-state index in [1.807, 2.05) is 16.0 Å². The Kier molecular flexibility index (Phi) is 17.1. The van der Waals surface area contributed by atoms with Gasteiger partial charge in [-0.2, -0.15) is 8.42 Å². The van der Waals surface area contributed by atoms with Gasteiger partial charge in [0, 0.05) is 31.8 Å². The summed E-state index contributed by atoms with van der Waals surface area (Å²) < 4.78 is 36.2. The zero-order chi connectivity index (χ0) is 49.0. The van der Waals surface area contributed by atoms with Gasteiger partial charge in [-0.15, -0.1) is 0 Å². The molecule has 1 aromatic rings. The minimum atomic E-state index is -5.32. The second-order valence-corrected chi connectivity index (χ2v) is 16.8. The van der Waals surface area contributed by atoms with E-state index in [2.05, 4.69) is 9.50 Å². The van der Waals surface area contributed by atoms with Crippen LogP contribution in [0.3, 0.4) is 0 Å². The van der Waals surface area contributed by atoms with Gasteiger partial charge >= 0.3 is 10.4 Å². The van der Waals surface area contributed by atoms with Crippen molar-refractivity contribution >= 4 is 51.7 Å². The predicted octanol–water partition coefficient (Wildman–Crippen LogP) is -10.3. The smallest absolute Gasteiger partial charge is 0.446 e. The molecular weight excluding hydrogens is 900 g/mol. The van der Waals surface area contributed by atoms with Crippen LogP contribution in [0.25, 0.3) is 0 Å². The first-order valence-electron chi connectivity index (χ1n) is 19.6. The monoisotopic (exact) mass is 952 g/mol. The second-order valence-electron chi connectivity index (χ2n) is 15.7. The maximum absolute atomic E-state index is 14.3. The summed E-state index contributed by atoms with van der Waals surface area (Å²) >= 11 is 0. The Morgan fingerprint density at radius 3 is 2.03 bits per heavy atom. The summed E-state index contributed by atoms with van der Waals surface area (Å²) in [4.78, 5) is 96.6. The molecule has 15 atom stereocenters. The molecule has 0 saturated carbocycles. The molecule has 1 aromatic carbocycles. The van der Waals surface area contributed by atoms with Gasteiger partial charge in [-0.3, -0.25) is 38.1 Å². The van der Waals surface area contributed by atoms with Gasteiger partial charge in [0.2, 0.25) is 41.4 Å². The zero-order valence-corrected chi connectivity index (χ0v) is 34.9. The van der Waals surface area contributed by atoms with Crippen LogP contribution in [0.15, 0.2) is 18.2 Å². The van der Waals surface area contributed by atoms with Crippen LogP contribution >= 0.6 is 0 Å². The molecule has 3 heterocycles. The van der Waals surface area contributed by atoms with Crippen LogP contribution in [0.2, 0.25) is 0 Å². The number of aliphatic hydroxyl groups is 9. The first-order valence-corrected chi connectivity index (χ1v) is 20.9. The molecule has 7 amide bonds. The number of benzene rings is 1. The summed E-state index contributed by atoms with van der Waals surface area (Å²) in [7, 11) is -5.32. The molecule has 65 heavy (non-hydrogen) atoms. The van der Waals surface area contributed by atoms with E-state index in [0.717, 1.165) is 13.0 Å². The third kappa shape index (κ3) is 12.5. The number of nitrogens with one attached hydrogen (secondary N) is 4. The van der Waals surface area contributed by atoms with E-state index < -0.39 is 199 Å². The Labute approximate surface area is 367 Å². The van der Waals surface area contributed by atoms with Gasteiger partial charge in [0.05, 0.1) is 43.5 Å². The lowest BCUT2D eigenvalue weighted by atomic mass is 9.96. The van der Waals surface area contributed by atoms with Gasteiger partial charge in [0.1, 0.15) is 48.5 Å². The predicted molar refractivity (Wildman–Crippen MR) is 209 cm³/mol. The average molecular weight is 953 g/mol. The molecule has 30 heteroatoms. The lowest BCUT2D eigenvalue weighted by Gasteiger charge is -2.34. The van der Waals surface area contributed by atoms with Crippen molar-refractivity contribution in [1.82, 2.24) is 31.1 Å². The summed E-state index contributed by atoms with van der Waals surface area (Å²) in [6.45, 7) is -1.26. The van der Waals surface area contributed by atoms with Gasteiger partial charge in [-0.1, -0.05) is 6.07 Å². The van der Waals surface area contributed by atoms with Crippen molar-refractivity contribution < 1.29 is 102 Å². The number of carbonyl (C=O) groups excluding carboxylic acids is 7. The Balaban J connectivity index is 1.89. The summed E-state index contributed by atoms with van der Waals surface area (Å²) in [6.07, 6.45) is -19.7. The fourth-order valence-electron chi connectivity index (χ4n) is 7.46. The standard InChI is InChI=1S/C35H52N8O21S/c1-11(45)22-34(59)42-9-14(46)5-16(42)30(55)40-24(28(53)27(52)12-2-3-17(47)20(4-12)64-65(61,62)63)32(57)39-23(18(48)7-21(37)50)35(60)43-8-13(10-44)26(51)25(43)33(58)41-31(56)19(49)6-15(36)29(54)38-22/h2-4,11,13-16,18-19,22-28,31,44-49,51-53,56H,5-10,36H2,1H3,(H2,37,50)(H,38,54)(H,39,57)(H,40,55)(H,41,58)(H,61,62,63). The van der Waals surface area contributed by atoms with E-state index >= 15 is 0 Å². The van der Waals surface area contributed by atoms with E-state index in [4.69, 9.17) is 16.0 Å². The number of phenolic OH excluding ortho intramolecular Hbond substituents is 1. The third-order valence-corrected chi connectivity index (χ3v) is 11.3. The van der Waals surface area contributed by atoms with Gasteiger partial charge in [0.25, 0.3) is 0 Å². The highest BCUT2D eigenvalue weighted by Gasteiger charge is 2.51. The van der Waals surface area contributed by atoms with E-state index in [9.17, 15) is 93.0 Å². The van der Waals surface area contributed by atoms with Crippen molar-refractivity contribution in [2.45, 2.75) is 111 Å². The van der Waals surface area contributed by atoms with E-state index in [1.54, 1.807) is 0 Å². The van der Waals surface area contributed by atoms with E-state index in [-0.39, 0.29) is 0 Å². The number of nitrogens with two attached hydrogens (primary N) is 2. The van der Waals surface area contributed by atoms with Crippen molar-refractivity contribution in [2.75, 3.05) is 19.7 Å². The summed E-state index contributed by atoms with van der Waals surface area (Å²) in [5, 5.41) is 116. The Bertz CT molecular complexity index is 2080. The summed E-state index contributed by atoms with van der Waals surface area (Å²) in [5.74, 6) is -13.2. The highest BCUT2D eigenvalue weighted by Crippen LogP contribution is 2.32. The van der Waals surface area contributed by atoms with Crippen LogP contribution in [0, 0.1) is 5.92 Å². The largest absolute Gasteiger partial charge is 0.504 e. The maximum Gasteiger partial charge on any atom is 0.446 e. The van der Waals surface area contributed by atoms with Crippen LogP contribution in [0.1, 0.15) is 37.9 Å². The first-order chi connectivity index (χ1) is 30.2. The van der Waals surface area contributed by atoms with E-state index in [0.29, 0.717) is 21.9 Å². The van der Waals surface area contributed by atoms with Gasteiger partial charge < -0.3 is 97.8 Å². The molecule has 19 N–H and O–H groups in total. The number of hydrogen-bond donors (Lipinski definition) is 17. The molecule has 0 radical (unpaired) electrons. The minimum absolute atomic E-state index is 0.489. The van der Waals surface area contributed by atoms with Crippen LogP contribution in [0.4, 0.5) is 0 Å².